The van der Waals surface area contributed by atoms with Gasteiger partial charge in [0, 0.05) is 41.0 Å². The zero-order valence-corrected chi connectivity index (χ0v) is 18.0. The molecule has 1 N–H and O–H groups in total. The van der Waals surface area contributed by atoms with Gasteiger partial charge in [-0.3, -0.25) is 4.79 Å². The molecule has 158 valence electrons. The van der Waals surface area contributed by atoms with E-state index in [4.69, 9.17) is 4.74 Å². The minimum absolute atomic E-state index is 0.0336. The first kappa shape index (κ1) is 21.0. The first-order valence-electron chi connectivity index (χ1n) is 10.3. The van der Waals surface area contributed by atoms with Gasteiger partial charge in [-0.25, -0.2) is 0 Å². The Bertz CT molecular complexity index is 1360. The first-order chi connectivity index (χ1) is 15.6. The monoisotopic (exact) mass is 421 g/mol. The van der Waals surface area contributed by atoms with Crippen molar-refractivity contribution in [1.29, 1.82) is 5.26 Å². The number of rotatable bonds is 6. The number of aromatic nitrogens is 1. The summed E-state index contributed by atoms with van der Waals surface area (Å²) in [4.78, 5) is 12.8. The van der Waals surface area contributed by atoms with E-state index in [9.17, 15) is 10.1 Å². The maximum absolute atomic E-state index is 12.8. The molecule has 32 heavy (non-hydrogen) atoms. The third-order valence-corrected chi connectivity index (χ3v) is 5.25. The number of amides is 1. The molecule has 0 unspecified atom stereocenters. The molecular weight excluding hydrogens is 398 g/mol. The Morgan fingerprint density at radius 3 is 2.69 bits per heavy atom. The van der Waals surface area contributed by atoms with Crippen LogP contribution in [-0.2, 0) is 11.3 Å². The molecule has 0 bridgehead atoms. The summed E-state index contributed by atoms with van der Waals surface area (Å²) in [5.74, 6) is 0.167. The maximum Gasteiger partial charge on any atom is 0.266 e. The van der Waals surface area contributed by atoms with Crippen molar-refractivity contribution in [2.75, 3.05) is 12.4 Å². The molecule has 0 atom stereocenters. The van der Waals surface area contributed by atoms with Crippen molar-refractivity contribution in [3.05, 3.63) is 101 Å². The molecule has 0 spiro atoms. The molecule has 3 aromatic carbocycles. The highest BCUT2D eigenvalue weighted by Crippen LogP contribution is 2.25. The average molecular weight is 422 g/mol. The fourth-order valence-electron chi connectivity index (χ4n) is 3.73. The summed E-state index contributed by atoms with van der Waals surface area (Å²) in [5, 5.41) is 13.4. The van der Waals surface area contributed by atoms with Crippen molar-refractivity contribution in [2.24, 2.45) is 0 Å². The van der Waals surface area contributed by atoms with Crippen LogP contribution in [0.2, 0.25) is 0 Å². The highest BCUT2D eigenvalue weighted by molar-refractivity contribution is 6.10. The molecule has 0 radical (unpaired) electrons. The molecular formula is C27H23N3O2. The van der Waals surface area contributed by atoms with Gasteiger partial charge in [-0.2, -0.15) is 5.26 Å². The smallest absolute Gasteiger partial charge is 0.266 e. The number of carbonyl (C=O) groups excluding carboxylic acids is 1. The lowest BCUT2D eigenvalue weighted by Crippen LogP contribution is -2.13. The Balaban J connectivity index is 1.67. The second-order valence-corrected chi connectivity index (χ2v) is 7.57. The summed E-state index contributed by atoms with van der Waals surface area (Å²) >= 11 is 0. The van der Waals surface area contributed by atoms with Gasteiger partial charge in [-0.1, -0.05) is 54.1 Å². The average Bonchev–Trinajstić information content (AvgIpc) is 3.14. The van der Waals surface area contributed by atoms with Crippen molar-refractivity contribution in [1.82, 2.24) is 4.57 Å². The molecule has 1 amide bonds. The van der Waals surface area contributed by atoms with Crippen LogP contribution in [-0.4, -0.2) is 17.6 Å². The molecule has 0 fully saturated rings. The number of para-hydroxylation sites is 1. The summed E-state index contributed by atoms with van der Waals surface area (Å²) in [5.41, 5.74) is 4.87. The highest BCUT2D eigenvalue weighted by atomic mass is 16.5. The van der Waals surface area contributed by atoms with Crippen molar-refractivity contribution < 1.29 is 9.53 Å². The number of ether oxygens (including phenoxy) is 1. The SMILES string of the molecule is COc1cccc(NC(=O)/C(C#N)=C/c2cn(Cc3cccc(C)c3)c3ccccc23)c1. The number of hydrogen-bond donors (Lipinski definition) is 1. The number of hydrogen-bond acceptors (Lipinski definition) is 3. The van der Waals surface area contributed by atoms with E-state index in [1.807, 2.05) is 42.6 Å². The van der Waals surface area contributed by atoms with Crippen molar-refractivity contribution >= 4 is 28.6 Å². The van der Waals surface area contributed by atoms with Crippen LogP contribution in [0.1, 0.15) is 16.7 Å². The van der Waals surface area contributed by atoms with Crippen molar-refractivity contribution in [3.63, 3.8) is 0 Å². The van der Waals surface area contributed by atoms with Gasteiger partial charge in [0.1, 0.15) is 17.4 Å². The Labute approximate surface area is 187 Å². The minimum Gasteiger partial charge on any atom is -0.497 e. The lowest BCUT2D eigenvalue weighted by molar-refractivity contribution is -0.112. The van der Waals surface area contributed by atoms with Crippen LogP contribution < -0.4 is 10.1 Å². The molecule has 4 aromatic rings. The van der Waals surface area contributed by atoms with E-state index in [0.717, 1.165) is 16.5 Å². The van der Waals surface area contributed by atoms with Crippen LogP contribution >= 0.6 is 0 Å². The standard InChI is InChI=1S/C27H23N3O2/c1-19-7-5-8-20(13-19)17-30-18-22(25-11-3-4-12-26(25)30)14-21(16-28)27(31)29-23-9-6-10-24(15-23)32-2/h3-15,18H,17H2,1-2H3,(H,29,31)/b21-14+. The number of benzene rings is 3. The number of fused-ring (bicyclic) bond motifs is 1. The van der Waals surface area contributed by atoms with Crippen LogP contribution in [0.4, 0.5) is 5.69 Å². The molecule has 1 aromatic heterocycles. The van der Waals surface area contributed by atoms with Gasteiger partial charge < -0.3 is 14.6 Å². The molecule has 0 saturated heterocycles. The number of nitriles is 1. The number of carbonyl (C=O) groups is 1. The largest absolute Gasteiger partial charge is 0.497 e. The van der Waals surface area contributed by atoms with Crippen LogP contribution in [0.3, 0.4) is 0 Å². The third-order valence-electron chi connectivity index (χ3n) is 5.25. The number of nitrogens with zero attached hydrogens (tertiary/aromatic N) is 2. The summed E-state index contributed by atoms with van der Waals surface area (Å²) in [7, 11) is 1.56. The Kier molecular flexibility index (Phi) is 6.05. The Morgan fingerprint density at radius 1 is 1.09 bits per heavy atom. The lowest BCUT2D eigenvalue weighted by Gasteiger charge is -2.06. The second kappa shape index (κ2) is 9.23. The van der Waals surface area contributed by atoms with E-state index in [1.165, 1.54) is 11.1 Å². The lowest BCUT2D eigenvalue weighted by atomic mass is 10.1. The molecule has 5 heteroatoms. The normalized spacial score (nSPS) is 11.2. The number of aryl methyl sites for hydroxylation is 1. The molecule has 0 aliphatic heterocycles. The zero-order chi connectivity index (χ0) is 22.5. The third kappa shape index (κ3) is 4.55. The maximum atomic E-state index is 12.8. The van der Waals surface area contributed by atoms with Crippen molar-refractivity contribution in [3.8, 4) is 11.8 Å². The van der Waals surface area contributed by atoms with E-state index in [-0.39, 0.29) is 5.57 Å². The van der Waals surface area contributed by atoms with Gasteiger partial charge in [-0.05, 0) is 36.8 Å². The van der Waals surface area contributed by atoms with Gasteiger partial charge in [0.2, 0.25) is 0 Å². The van der Waals surface area contributed by atoms with Crippen LogP contribution in [0, 0.1) is 18.3 Å². The topological polar surface area (TPSA) is 67.0 Å². The molecule has 1 heterocycles. The molecule has 5 nitrogen and oxygen atoms in total. The zero-order valence-electron chi connectivity index (χ0n) is 18.0. The summed E-state index contributed by atoms with van der Waals surface area (Å²) in [6.07, 6.45) is 3.63. The van der Waals surface area contributed by atoms with E-state index in [2.05, 4.69) is 35.0 Å². The summed E-state index contributed by atoms with van der Waals surface area (Å²) in [6.45, 7) is 2.78. The molecule has 4 rings (SSSR count). The summed E-state index contributed by atoms with van der Waals surface area (Å²) < 4.78 is 7.34. The van der Waals surface area contributed by atoms with Crippen LogP contribution in [0.25, 0.3) is 17.0 Å². The Hall–Kier alpha value is -4.30. The van der Waals surface area contributed by atoms with Crippen molar-refractivity contribution in [2.45, 2.75) is 13.5 Å². The van der Waals surface area contributed by atoms with Gasteiger partial charge in [-0.15, -0.1) is 0 Å². The second-order valence-electron chi connectivity index (χ2n) is 7.57. The number of methoxy groups -OCH3 is 1. The predicted octanol–water partition coefficient (Wildman–Crippen LogP) is 5.55. The van der Waals surface area contributed by atoms with E-state index >= 15 is 0 Å². The van der Waals surface area contributed by atoms with Gasteiger partial charge in [0.15, 0.2) is 0 Å². The summed E-state index contributed by atoms with van der Waals surface area (Å²) in [6, 6.07) is 25.4. The van der Waals surface area contributed by atoms with Crippen LogP contribution in [0.5, 0.6) is 5.75 Å². The molecule has 0 saturated carbocycles. The van der Waals surface area contributed by atoms with E-state index in [1.54, 1.807) is 37.5 Å². The number of nitrogens with one attached hydrogen (secondary N) is 1. The quantitative estimate of drug-likeness (QED) is 0.328. The van der Waals surface area contributed by atoms with E-state index in [0.29, 0.717) is 18.0 Å². The van der Waals surface area contributed by atoms with Crippen LogP contribution in [0.15, 0.2) is 84.6 Å². The van der Waals surface area contributed by atoms with Gasteiger partial charge in [0.25, 0.3) is 5.91 Å². The highest BCUT2D eigenvalue weighted by Gasteiger charge is 2.13. The van der Waals surface area contributed by atoms with E-state index < -0.39 is 5.91 Å². The van der Waals surface area contributed by atoms with Gasteiger partial charge in [0.05, 0.1) is 7.11 Å². The fourth-order valence-corrected chi connectivity index (χ4v) is 3.73. The minimum atomic E-state index is -0.462. The predicted molar refractivity (Wildman–Crippen MR) is 127 cm³/mol. The Morgan fingerprint density at radius 2 is 1.91 bits per heavy atom. The fraction of sp³-hybridized carbons (Fsp3) is 0.111. The molecule has 0 aliphatic carbocycles. The van der Waals surface area contributed by atoms with Gasteiger partial charge >= 0.3 is 0 Å². The number of anilines is 1. The molecule has 0 aliphatic rings. The first-order valence-corrected chi connectivity index (χ1v) is 10.3.